The molecule has 2 amide bonds. The third-order valence-electron chi connectivity index (χ3n) is 5.25. The lowest BCUT2D eigenvalue weighted by Gasteiger charge is -2.32. The molecular weight excluding hydrogens is 424 g/mol. The number of carbonyl (C=O) groups is 2. The average Bonchev–Trinajstić information content (AvgIpc) is 3.07. The summed E-state index contributed by atoms with van der Waals surface area (Å²) in [4.78, 5) is 34.3. The Morgan fingerprint density at radius 3 is 2.74 bits per heavy atom. The van der Waals surface area contributed by atoms with Crippen molar-refractivity contribution in [2.75, 3.05) is 24.5 Å². The van der Waals surface area contributed by atoms with E-state index in [0.717, 1.165) is 50.3 Å². The van der Waals surface area contributed by atoms with Crippen molar-refractivity contribution in [2.24, 2.45) is 5.92 Å². The lowest BCUT2D eigenvalue weighted by atomic mass is 9.97. The van der Waals surface area contributed by atoms with Crippen molar-refractivity contribution < 1.29 is 18.4 Å². The Labute approximate surface area is 182 Å². The second kappa shape index (κ2) is 9.52. The summed E-state index contributed by atoms with van der Waals surface area (Å²) in [5, 5.41) is 5.09. The van der Waals surface area contributed by atoms with Crippen LogP contribution >= 0.6 is 11.8 Å². The fourth-order valence-corrected chi connectivity index (χ4v) is 4.23. The van der Waals surface area contributed by atoms with E-state index in [9.17, 15) is 18.4 Å². The molecule has 2 aliphatic rings. The molecule has 31 heavy (non-hydrogen) atoms. The average molecular weight is 445 g/mol. The van der Waals surface area contributed by atoms with Crippen LogP contribution in [0.15, 0.2) is 35.4 Å². The summed E-state index contributed by atoms with van der Waals surface area (Å²) in [5.41, 5.74) is 1.02. The molecule has 0 spiro atoms. The molecular formula is C21H21F2N5O2S. The predicted octanol–water partition coefficient (Wildman–Crippen LogP) is 3.08. The van der Waals surface area contributed by atoms with Gasteiger partial charge in [-0.15, -0.1) is 0 Å². The number of imide groups is 1. The Morgan fingerprint density at radius 1 is 1.23 bits per heavy atom. The van der Waals surface area contributed by atoms with E-state index in [4.69, 9.17) is 0 Å². The first-order valence-electron chi connectivity index (χ1n) is 9.95. The van der Waals surface area contributed by atoms with Gasteiger partial charge >= 0.3 is 0 Å². The van der Waals surface area contributed by atoms with E-state index in [2.05, 4.69) is 25.5 Å². The van der Waals surface area contributed by atoms with E-state index in [0.29, 0.717) is 34.6 Å². The molecule has 162 valence electrons. The normalized spacial score (nSPS) is 18.6. The molecule has 2 saturated heterocycles. The number of hydrogen-bond acceptors (Lipinski definition) is 7. The number of benzene rings is 1. The number of thioether (sulfide) groups is 1. The molecule has 2 aliphatic heterocycles. The van der Waals surface area contributed by atoms with E-state index in [1.54, 1.807) is 18.3 Å². The number of nitrogens with zero attached hydrogens (tertiary/aromatic N) is 3. The summed E-state index contributed by atoms with van der Waals surface area (Å²) in [6, 6.07) is 5.31. The first-order chi connectivity index (χ1) is 15.0. The Balaban J connectivity index is 1.28. The van der Waals surface area contributed by atoms with Crippen molar-refractivity contribution in [2.45, 2.75) is 19.4 Å². The van der Waals surface area contributed by atoms with Crippen molar-refractivity contribution in [3.63, 3.8) is 0 Å². The molecule has 10 heteroatoms. The van der Waals surface area contributed by atoms with Crippen LogP contribution in [0.2, 0.25) is 0 Å². The van der Waals surface area contributed by atoms with Crippen LogP contribution in [0, 0.1) is 17.6 Å². The van der Waals surface area contributed by atoms with Crippen molar-refractivity contribution in [1.29, 1.82) is 0 Å². The van der Waals surface area contributed by atoms with Gasteiger partial charge in [0.25, 0.3) is 11.1 Å². The third-order valence-corrected chi connectivity index (χ3v) is 6.06. The Kier molecular flexibility index (Phi) is 6.57. The third kappa shape index (κ3) is 5.45. The maximum Gasteiger partial charge on any atom is 0.290 e. The first kappa shape index (κ1) is 21.4. The van der Waals surface area contributed by atoms with Crippen molar-refractivity contribution >= 4 is 34.9 Å². The molecule has 0 aliphatic carbocycles. The Morgan fingerprint density at radius 2 is 2.03 bits per heavy atom. The largest absolute Gasteiger partial charge is 0.341 e. The van der Waals surface area contributed by atoms with Crippen molar-refractivity contribution in [3.05, 3.63) is 58.3 Å². The van der Waals surface area contributed by atoms with Gasteiger partial charge in [-0.3, -0.25) is 14.9 Å². The molecule has 7 nitrogen and oxygen atoms in total. The van der Waals surface area contributed by atoms with E-state index in [1.807, 2.05) is 0 Å². The number of carbonyl (C=O) groups excluding carboxylic acids is 2. The van der Waals surface area contributed by atoms with Gasteiger partial charge in [-0.2, -0.15) is 0 Å². The molecule has 0 saturated carbocycles. The minimum absolute atomic E-state index is 0.317. The van der Waals surface area contributed by atoms with Crippen LogP contribution in [0.25, 0.3) is 6.08 Å². The van der Waals surface area contributed by atoms with E-state index in [1.165, 1.54) is 12.1 Å². The summed E-state index contributed by atoms with van der Waals surface area (Å²) < 4.78 is 26.7. The molecule has 2 N–H and O–H groups in total. The van der Waals surface area contributed by atoms with Gasteiger partial charge in [-0.25, -0.2) is 18.7 Å². The van der Waals surface area contributed by atoms with E-state index >= 15 is 0 Å². The maximum absolute atomic E-state index is 13.7. The second-order valence-corrected chi connectivity index (χ2v) is 8.45. The highest BCUT2D eigenvalue weighted by Crippen LogP contribution is 2.26. The molecule has 0 bridgehead atoms. The van der Waals surface area contributed by atoms with Gasteiger partial charge in [0.1, 0.15) is 11.6 Å². The van der Waals surface area contributed by atoms with Gasteiger partial charge in [0.05, 0.1) is 10.6 Å². The molecule has 0 atom stereocenters. The Bertz CT molecular complexity index is 1020. The lowest BCUT2D eigenvalue weighted by molar-refractivity contribution is -0.115. The highest BCUT2D eigenvalue weighted by molar-refractivity contribution is 8.18. The lowest BCUT2D eigenvalue weighted by Crippen LogP contribution is -2.38. The summed E-state index contributed by atoms with van der Waals surface area (Å²) >= 11 is 0.856. The molecule has 0 radical (unpaired) electrons. The molecule has 2 aromatic rings. The quantitative estimate of drug-likeness (QED) is 0.661. The van der Waals surface area contributed by atoms with Gasteiger partial charge in [-0.05, 0) is 55.3 Å². The molecule has 3 heterocycles. The standard InChI is InChI=1S/C21H21F2N5O2S/c22-15-2-1-14(17(23)9-15)12-24-11-13-4-7-28(8-5-13)20-25-6-3-16(26-20)10-18-19(29)27-21(30)31-18/h1-3,6,9-10,13,24H,4-5,7-8,11-12H2,(H,27,29,30). The van der Waals surface area contributed by atoms with Crippen LogP contribution < -0.4 is 15.5 Å². The number of rotatable bonds is 6. The summed E-state index contributed by atoms with van der Waals surface area (Å²) in [5.74, 6) is -0.496. The maximum atomic E-state index is 13.7. The number of halogens is 2. The van der Waals surface area contributed by atoms with Gasteiger partial charge in [-0.1, -0.05) is 6.07 Å². The number of anilines is 1. The minimum atomic E-state index is -0.574. The molecule has 1 aromatic carbocycles. The van der Waals surface area contributed by atoms with Crippen LogP contribution in [0.1, 0.15) is 24.1 Å². The highest BCUT2D eigenvalue weighted by atomic mass is 32.2. The predicted molar refractivity (Wildman–Crippen MR) is 114 cm³/mol. The molecule has 4 rings (SSSR count). The van der Waals surface area contributed by atoms with Crippen LogP contribution in [-0.4, -0.2) is 40.7 Å². The molecule has 0 unspecified atom stereocenters. The van der Waals surface area contributed by atoms with Gasteiger partial charge in [0.2, 0.25) is 5.95 Å². The van der Waals surface area contributed by atoms with Crippen LogP contribution in [-0.2, 0) is 11.3 Å². The fourth-order valence-electron chi connectivity index (χ4n) is 3.56. The van der Waals surface area contributed by atoms with Crippen molar-refractivity contribution in [1.82, 2.24) is 20.6 Å². The van der Waals surface area contributed by atoms with E-state index < -0.39 is 17.5 Å². The SMILES string of the molecule is O=C1NC(=O)C(=Cc2ccnc(N3CCC(CNCc4ccc(F)cc4F)CC3)n2)S1. The smallest absolute Gasteiger partial charge is 0.290 e. The van der Waals surface area contributed by atoms with Crippen LogP contribution in [0.4, 0.5) is 19.5 Å². The molecule has 2 fully saturated rings. The number of hydrogen-bond donors (Lipinski definition) is 2. The van der Waals surface area contributed by atoms with Gasteiger partial charge in [0.15, 0.2) is 0 Å². The minimum Gasteiger partial charge on any atom is -0.341 e. The zero-order valence-electron chi connectivity index (χ0n) is 16.6. The Hall–Kier alpha value is -2.85. The van der Waals surface area contributed by atoms with Gasteiger partial charge in [0, 0.05) is 37.5 Å². The zero-order valence-corrected chi connectivity index (χ0v) is 17.4. The second-order valence-electron chi connectivity index (χ2n) is 7.43. The topological polar surface area (TPSA) is 87.2 Å². The number of amides is 2. The van der Waals surface area contributed by atoms with E-state index in [-0.39, 0.29) is 5.24 Å². The number of piperidine rings is 1. The van der Waals surface area contributed by atoms with Crippen LogP contribution in [0.3, 0.4) is 0 Å². The summed E-state index contributed by atoms with van der Waals surface area (Å²) in [7, 11) is 0. The molecule has 1 aromatic heterocycles. The highest BCUT2D eigenvalue weighted by Gasteiger charge is 2.25. The number of nitrogens with one attached hydrogen (secondary N) is 2. The first-order valence-corrected chi connectivity index (χ1v) is 10.8. The summed E-state index contributed by atoms with van der Waals surface area (Å²) in [6.45, 7) is 2.67. The van der Waals surface area contributed by atoms with Crippen LogP contribution in [0.5, 0.6) is 0 Å². The fraction of sp³-hybridized carbons (Fsp3) is 0.333. The monoisotopic (exact) mass is 445 g/mol. The van der Waals surface area contributed by atoms with Gasteiger partial charge < -0.3 is 10.2 Å². The number of aromatic nitrogens is 2. The summed E-state index contributed by atoms with van der Waals surface area (Å²) in [6.07, 6.45) is 5.08. The zero-order chi connectivity index (χ0) is 21.8. The van der Waals surface area contributed by atoms with Crippen molar-refractivity contribution in [3.8, 4) is 0 Å².